The second-order valence-electron chi connectivity index (χ2n) is 5.68. The van der Waals surface area contributed by atoms with Crippen LogP contribution in [0.25, 0.3) is 0 Å². The summed E-state index contributed by atoms with van der Waals surface area (Å²) in [4.78, 5) is 12.6. The predicted molar refractivity (Wildman–Crippen MR) is 86.0 cm³/mol. The van der Waals surface area contributed by atoms with Gasteiger partial charge in [0, 0.05) is 0 Å². The van der Waals surface area contributed by atoms with E-state index in [0.717, 1.165) is 12.8 Å². The Bertz CT molecular complexity index is 571. The highest BCUT2D eigenvalue weighted by Crippen LogP contribution is 2.32. The molecule has 0 saturated heterocycles. The van der Waals surface area contributed by atoms with Gasteiger partial charge in [-0.15, -0.1) is 0 Å². The Morgan fingerprint density at radius 1 is 1.48 bits per heavy atom. The molecule has 1 aliphatic carbocycles. The molecule has 1 aromatic carbocycles. The average Bonchev–Trinajstić information content (AvgIpc) is 2.44. The molecule has 3 nitrogen and oxygen atoms in total. The van der Waals surface area contributed by atoms with Crippen LogP contribution in [0.15, 0.2) is 18.2 Å². The number of hydrogen-bond acceptors (Lipinski definition) is 2. The molecule has 1 aromatic rings. The highest BCUT2D eigenvalue weighted by atomic mass is 35.5. The molecule has 1 fully saturated rings. The van der Waals surface area contributed by atoms with Gasteiger partial charge in [-0.1, -0.05) is 36.8 Å². The number of nitrogens with one attached hydrogen (secondary N) is 1. The minimum atomic E-state index is -0.728. The molecule has 0 heterocycles. The van der Waals surface area contributed by atoms with E-state index in [4.69, 9.17) is 29.6 Å². The number of rotatable bonds is 3. The zero-order valence-electron chi connectivity index (χ0n) is 11.8. The summed E-state index contributed by atoms with van der Waals surface area (Å²) < 4.78 is 13.9. The monoisotopic (exact) mass is 328 g/mol. The first-order valence-electron chi connectivity index (χ1n) is 6.92. The molecular weight excluding hydrogens is 311 g/mol. The van der Waals surface area contributed by atoms with Gasteiger partial charge >= 0.3 is 0 Å². The molecule has 114 valence electrons. The normalized spacial score (nSPS) is 25.4. The molecule has 0 aliphatic heterocycles. The summed E-state index contributed by atoms with van der Waals surface area (Å²) in [6.45, 7) is 2.15. The van der Waals surface area contributed by atoms with Crippen LogP contribution in [-0.4, -0.2) is 16.4 Å². The Labute approximate surface area is 134 Å². The lowest BCUT2D eigenvalue weighted by Gasteiger charge is -2.39. The lowest BCUT2D eigenvalue weighted by molar-refractivity contribution is 0.0896. The Morgan fingerprint density at radius 2 is 2.10 bits per heavy atom. The van der Waals surface area contributed by atoms with Crippen molar-refractivity contribution in [2.45, 2.75) is 38.1 Å². The fourth-order valence-electron chi connectivity index (χ4n) is 2.65. The van der Waals surface area contributed by atoms with E-state index in [0.29, 0.717) is 18.8 Å². The van der Waals surface area contributed by atoms with Crippen molar-refractivity contribution in [3.8, 4) is 0 Å². The van der Waals surface area contributed by atoms with Crippen molar-refractivity contribution in [1.82, 2.24) is 5.32 Å². The third-order valence-corrected chi connectivity index (χ3v) is 4.83. The van der Waals surface area contributed by atoms with Crippen molar-refractivity contribution in [2.24, 2.45) is 11.7 Å². The van der Waals surface area contributed by atoms with E-state index >= 15 is 0 Å². The van der Waals surface area contributed by atoms with E-state index in [9.17, 15) is 9.18 Å². The number of halogens is 2. The van der Waals surface area contributed by atoms with Crippen LogP contribution in [0.1, 0.15) is 43.0 Å². The lowest BCUT2D eigenvalue weighted by atomic mass is 9.77. The second kappa shape index (κ2) is 6.28. The standard InChI is InChI=1S/C15H18ClFN2OS/c1-9-5-7-15(8-6-9,14(18)21)19-13(20)10-3-2-4-11(16)12(10)17/h2-4,9H,5-8H2,1H3,(H2,18,21)(H,19,20). The number of hydrogen-bond donors (Lipinski definition) is 2. The SMILES string of the molecule is CC1CCC(NC(=O)c2cccc(Cl)c2F)(C(N)=S)CC1. The van der Waals surface area contributed by atoms with Gasteiger partial charge in [0.1, 0.15) is 0 Å². The highest BCUT2D eigenvalue weighted by molar-refractivity contribution is 7.80. The van der Waals surface area contributed by atoms with E-state index in [1.54, 1.807) is 0 Å². The summed E-state index contributed by atoms with van der Waals surface area (Å²) >= 11 is 10.8. The van der Waals surface area contributed by atoms with Gasteiger partial charge in [0.2, 0.25) is 0 Å². The molecule has 21 heavy (non-hydrogen) atoms. The van der Waals surface area contributed by atoms with Crippen molar-refractivity contribution >= 4 is 34.7 Å². The molecule has 0 aromatic heterocycles. The van der Waals surface area contributed by atoms with Crippen molar-refractivity contribution < 1.29 is 9.18 Å². The minimum Gasteiger partial charge on any atom is -0.391 e. The number of nitrogens with two attached hydrogens (primary N) is 1. The van der Waals surface area contributed by atoms with Crippen LogP contribution in [0.5, 0.6) is 0 Å². The number of benzene rings is 1. The summed E-state index contributed by atoms with van der Waals surface area (Å²) in [6, 6.07) is 4.34. The molecule has 1 saturated carbocycles. The number of thiocarbonyl (C=S) groups is 1. The van der Waals surface area contributed by atoms with Crippen LogP contribution >= 0.6 is 23.8 Å². The Kier molecular flexibility index (Phi) is 4.84. The molecule has 0 atom stereocenters. The lowest BCUT2D eigenvalue weighted by Crippen LogP contribution is -2.58. The topological polar surface area (TPSA) is 55.1 Å². The van der Waals surface area contributed by atoms with Crippen LogP contribution in [0, 0.1) is 11.7 Å². The van der Waals surface area contributed by atoms with E-state index < -0.39 is 17.3 Å². The van der Waals surface area contributed by atoms with E-state index in [-0.39, 0.29) is 15.6 Å². The average molecular weight is 329 g/mol. The maximum atomic E-state index is 13.9. The second-order valence-corrected chi connectivity index (χ2v) is 6.53. The van der Waals surface area contributed by atoms with Crippen molar-refractivity contribution in [2.75, 3.05) is 0 Å². The quantitative estimate of drug-likeness (QED) is 0.836. The van der Waals surface area contributed by atoms with Crippen LogP contribution < -0.4 is 11.1 Å². The molecule has 1 amide bonds. The van der Waals surface area contributed by atoms with Crippen LogP contribution in [0.2, 0.25) is 5.02 Å². The van der Waals surface area contributed by atoms with E-state index in [2.05, 4.69) is 12.2 Å². The molecular formula is C15H18ClFN2OS. The maximum absolute atomic E-state index is 13.9. The summed E-state index contributed by atoms with van der Waals surface area (Å²) in [5, 5.41) is 2.75. The zero-order valence-corrected chi connectivity index (χ0v) is 13.4. The van der Waals surface area contributed by atoms with Gasteiger partial charge in [0.25, 0.3) is 5.91 Å². The van der Waals surface area contributed by atoms with Crippen LogP contribution in [-0.2, 0) is 0 Å². The number of amides is 1. The van der Waals surface area contributed by atoms with Gasteiger partial charge in [0.15, 0.2) is 5.82 Å². The van der Waals surface area contributed by atoms with Gasteiger partial charge in [0.05, 0.1) is 21.1 Å². The molecule has 3 N–H and O–H groups in total. The highest BCUT2D eigenvalue weighted by Gasteiger charge is 2.38. The van der Waals surface area contributed by atoms with Crippen molar-refractivity contribution in [3.63, 3.8) is 0 Å². The molecule has 0 spiro atoms. The minimum absolute atomic E-state index is 0.0794. The first kappa shape index (κ1) is 16.2. The summed E-state index contributed by atoms with van der Waals surface area (Å²) in [5.74, 6) is -0.677. The molecule has 0 radical (unpaired) electrons. The zero-order chi connectivity index (χ0) is 15.6. The van der Waals surface area contributed by atoms with Crippen molar-refractivity contribution in [1.29, 1.82) is 0 Å². The largest absolute Gasteiger partial charge is 0.391 e. The van der Waals surface area contributed by atoms with Crippen LogP contribution in [0.4, 0.5) is 4.39 Å². The molecule has 2 rings (SSSR count). The third kappa shape index (κ3) is 3.35. The van der Waals surface area contributed by atoms with Crippen LogP contribution in [0.3, 0.4) is 0 Å². The fourth-order valence-corrected chi connectivity index (χ4v) is 3.08. The maximum Gasteiger partial charge on any atom is 0.255 e. The Hall–Kier alpha value is -1.20. The number of carbonyl (C=O) groups excluding carboxylic acids is 1. The molecule has 0 bridgehead atoms. The molecule has 0 unspecified atom stereocenters. The first-order chi connectivity index (χ1) is 9.85. The summed E-state index contributed by atoms with van der Waals surface area (Å²) in [7, 11) is 0. The Balaban J connectivity index is 2.23. The van der Waals surface area contributed by atoms with Gasteiger partial charge in [-0.3, -0.25) is 4.79 Å². The van der Waals surface area contributed by atoms with Gasteiger partial charge < -0.3 is 11.1 Å². The Morgan fingerprint density at radius 3 is 2.67 bits per heavy atom. The molecule has 6 heteroatoms. The summed E-state index contributed by atoms with van der Waals surface area (Å²) in [5.41, 5.74) is 5.02. The third-order valence-electron chi connectivity index (χ3n) is 4.15. The molecule has 1 aliphatic rings. The fraction of sp³-hybridized carbons (Fsp3) is 0.467. The smallest absolute Gasteiger partial charge is 0.255 e. The van der Waals surface area contributed by atoms with Crippen molar-refractivity contribution in [3.05, 3.63) is 34.6 Å². The van der Waals surface area contributed by atoms with Gasteiger partial charge in [-0.05, 0) is 43.7 Å². The first-order valence-corrected chi connectivity index (χ1v) is 7.71. The van der Waals surface area contributed by atoms with E-state index in [1.807, 2.05) is 0 Å². The summed E-state index contributed by atoms with van der Waals surface area (Å²) in [6.07, 6.45) is 3.21. The van der Waals surface area contributed by atoms with E-state index in [1.165, 1.54) is 18.2 Å². The van der Waals surface area contributed by atoms with Gasteiger partial charge in [-0.2, -0.15) is 0 Å². The number of carbonyl (C=O) groups is 1. The van der Waals surface area contributed by atoms with Gasteiger partial charge in [-0.25, -0.2) is 4.39 Å². The predicted octanol–water partition coefficient (Wildman–Crippen LogP) is 3.44.